The number of nitrogens with zero attached hydrogens (tertiary/aromatic N) is 1. The normalized spacial score (nSPS) is 19.3. The van der Waals surface area contributed by atoms with Gasteiger partial charge in [-0.25, -0.2) is 4.39 Å². The largest absolute Gasteiger partial charge is 0.373 e. The maximum Gasteiger partial charge on any atom is 0.190 e. The fourth-order valence-electron chi connectivity index (χ4n) is 3.60. The van der Waals surface area contributed by atoms with Gasteiger partial charge in [-0.2, -0.15) is 0 Å². The SMILES string of the molecule is CN=C(NCCc1ccc(F)cc1)NCC1CCCOC1c1ccc(C)cc1.I. The van der Waals surface area contributed by atoms with E-state index < -0.39 is 0 Å². The zero-order chi connectivity index (χ0) is 19.8. The lowest BCUT2D eigenvalue weighted by molar-refractivity contribution is -0.0265. The first kappa shape index (κ1) is 23.6. The highest BCUT2D eigenvalue weighted by atomic mass is 127. The molecule has 2 unspecified atom stereocenters. The maximum atomic E-state index is 13.0. The highest BCUT2D eigenvalue weighted by molar-refractivity contribution is 14.0. The fourth-order valence-corrected chi connectivity index (χ4v) is 3.60. The Morgan fingerprint density at radius 1 is 1.10 bits per heavy atom. The summed E-state index contributed by atoms with van der Waals surface area (Å²) in [5, 5.41) is 6.78. The van der Waals surface area contributed by atoms with Gasteiger partial charge in [0.05, 0.1) is 6.10 Å². The van der Waals surface area contributed by atoms with Crippen molar-refractivity contribution < 1.29 is 9.13 Å². The smallest absolute Gasteiger partial charge is 0.190 e. The van der Waals surface area contributed by atoms with Gasteiger partial charge in [-0.3, -0.25) is 4.99 Å². The first-order chi connectivity index (χ1) is 13.7. The van der Waals surface area contributed by atoms with Crippen LogP contribution in [-0.4, -0.2) is 32.7 Å². The van der Waals surface area contributed by atoms with Crippen molar-refractivity contribution in [3.05, 3.63) is 71.0 Å². The number of guanidine groups is 1. The van der Waals surface area contributed by atoms with Crippen LogP contribution in [0, 0.1) is 18.7 Å². The standard InChI is InChI=1S/C23H30FN3O.HI/c1-17-5-9-19(10-6-17)22-20(4-3-15-28-22)16-27-23(25-2)26-14-13-18-7-11-21(24)12-8-18;/h5-12,20,22H,3-4,13-16H2,1-2H3,(H2,25,26,27);1H. The molecule has 1 aliphatic rings. The Balaban J connectivity index is 0.00000300. The lowest BCUT2D eigenvalue weighted by Gasteiger charge is -2.32. The van der Waals surface area contributed by atoms with Gasteiger partial charge in [0.1, 0.15) is 5.82 Å². The number of hydrogen-bond acceptors (Lipinski definition) is 2. The van der Waals surface area contributed by atoms with E-state index in [-0.39, 0.29) is 35.9 Å². The summed E-state index contributed by atoms with van der Waals surface area (Å²) in [6, 6.07) is 15.3. The summed E-state index contributed by atoms with van der Waals surface area (Å²) in [5.74, 6) is 0.995. The first-order valence-electron chi connectivity index (χ1n) is 10.0. The molecule has 6 heteroatoms. The van der Waals surface area contributed by atoms with Crippen LogP contribution in [-0.2, 0) is 11.2 Å². The van der Waals surface area contributed by atoms with Gasteiger partial charge < -0.3 is 15.4 Å². The van der Waals surface area contributed by atoms with E-state index in [0.29, 0.717) is 5.92 Å². The van der Waals surface area contributed by atoms with E-state index in [1.54, 1.807) is 7.05 Å². The molecular weight excluding hydrogens is 480 g/mol. The highest BCUT2D eigenvalue weighted by Crippen LogP contribution is 2.33. The van der Waals surface area contributed by atoms with E-state index in [1.807, 2.05) is 12.1 Å². The predicted molar refractivity (Wildman–Crippen MR) is 127 cm³/mol. The van der Waals surface area contributed by atoms with Crippen molar-refractivity contribution >= 4 is 29.9 Å². The van der Waals surface area contributed by atoms with Crippen LogP contribution in [0.2, 0.25) is 0 Å². The molecule has 0 aliphatic carbocycles. The second kappa shape index (κ2) is 12.1. The fraction of sp³-hybridized carbons (Fsp3) is 0.435. The van der Waals surface area contributed by atoms with E-state index in [0.717, 1.165) is 50.5 Å². The molecule has 29 heavy (non-hydrogen) atoms. The Kier molecular flexibility index (Phi) is 9.87. The van der Waals surface area contributed by atoms with Gasteiger partial charge in [0.25, 0.3) is 0 Å². The number of benzene rings is 2. The first-order valence-corrected chi connectivity index (χ1v) is 10.0. The van der Waals surface area contributed by atoms with Crippen molar-refractivity contribution in [1.29, 1.82) is 0 Å². The van der Waals surface area contributed by atoms with Gasteiger partial charge in [0, 0.05) is 32.7 Å². The molecular formula is C23H31FIN3O. The number of ether oxygens (including phenoxy) is 1. The quantitative estimate of drug-likeness (QED) is 0.338. The molecule has 2 atom stereocenters. The Labute approximate surface area is 190 Å². The molecule has 4 nitrogen and oxygen atoms in total. The second-order valence-electron chi connectivity index (χ2n) is 7.36. The predicted octanol–water partition coefficient (Wildman–Crippen LogP) is 4.63. The van der Waals surface area contributed by atoms with Crippen LogP contribution >= 0.6 is 24.0 Å². The maximum absolute atomic E-state index is 13.0. The number of aryl methyl sites for hydroxylation is 1. The molecule has 3 rings (SSSR count). The van der Waals surface area contributed by atoms with E-state index in [1.165, 1.54) is 23.3 Å². The molecule has 1 saturated heterocycles. The third-order valence-corrected chi connectivity index (χ3v) is 5.23. The van der Waals surface area contributed by atoms with Crippen molar-refractivity contribution in [1.82, 2.24) is 10.6 Å². The molecule has 158 valence electrons. The van der Waals surface area contributed by atoms with Gasteiger partial charge in [-0.1, -0.05) is 42.0 Å². The van der Waals surface area contributed by atoms with Crippen molar-refractivity contribution in [3.8, 4) is 0 Å². The summed E-state index contributed by atoms with van der Waals surface area (Å²) in [6.07, 6.45) is 3.17. The molecule has 1 fully saturated rings. The minimum Gasteiger partial charge on any atom is -0.373 e. The van der Waals surface area contributed by atoms with E-state index in [2.05, 4.69) is 46.8 Å². The van der Waals surface area contributed by atoms with Gasteiger partial charge >= 0.3 is 0 Å². The van der Waals surface area contributed by atoms with Crippen molar-refractivity contribution in [3.63, 3.8) is 0 Å². The Hall–Kier alpha value is -1.67. The van der Waals surface area contributed by atoms with Crippen LogP contribution in [0.15, 0.2) is 53.5 Å². The van der Waals surface area contributed by atoms with E-state index in [9.17, 15) is 4.39 Å². The average Bonchev–Trinajstić information content (AvgIpc) is 2.73. The Morgan fingerprint density at radius 3 is 2.52 bits per heavy atom. The van der Waals surface area contributed by atoms with Gasteiger partial charge in [-0.05, 0) is 49.4 Å². The molecule has 0 aromatic heterocycles. The van der Waals surface area contributed by atoms with Gasteiger partial charge in [0.2, 0.25) is 0 Å². The lowest BCUT2D eigenvalue weighted by Crippen LogP contribution is -2.42. The van der Waals surface area contributed by atoms with Crippen LogP contribution in [0.1, 0.15) is 35.6 Å². The monoisotopic (exact) mass is 511 g/mol. The lowest BCUT2D eigenvalue weighted by atomic mass is 9.89. The summed E-state index contributed by atoms with van der Waals surface area (Å²) in [5.41, 5.74) is 3.61. The Bertz CT molecular complexity index is 765. The number of rotatable bonds is 6. The van der Waals surface area contributed by atoms with Gasteiger partial charge in [-0.15, -0.1) is 24.0 Å². The molecule has 1 aliphatic heterocycles. The number of aliphatic imine (C=N–C) groups is 1. The molecule has 2 aromatic carbocycles. The van der Waals surface area contributed by atoms with Crippen LogP contribution in [0.5, 0.6) is 0 Å². The molecule has 0 radical (unpaired) electrons. The summed E-state index contributed by atoms with van der Waals surface area (Å²) in [6.45, 7) is 4.48. The molecule has 0 amide bonds. The molecule has 0 saturated carbocycles. The van der Waals surface area contributed by atoms with Crippen molar-refractivity contribution in [2.45, 2.75) is 32.3 Å². The third-order valence-electron chi connectivity index (χ3n) is 5.23. The third kappa shape index (κ3) is 7.26. The van der Waals surface area contributed by atoms with E-state index in [4.69, 9.17) is 4.74 Å². The molecule has 2 N–H and O–H groups in total. The van der Waals surface area contributed by atoms with Crippen LogP contribution < -0.4 is 10.6 Å². The number of nitrogens with one attached hydrogen (secondary N) is 2. The Morgan fingerprint density at radius 2 is 1.83 bits per heavy atom. The molecule has 1 heterocycles. The average molecular weight is 511 g/mol. The van der Waals surface area contributed by atoms with Crippen molar-refractivity contribution in [2.24, 2.45) is 10.9 Å². The number of halogens is 2. The topological polar surface area (TPSA) is 45.7 Å². The number of hydrogen-bond donors (Lipinski definition) is 2. The summed E-state index contributed by atoms with van der Waals surface area (Å²) < 4.78 is 19.1. The van der Waals surface area contributed by atoms with Crippen LogP contribution in [0.4, 0.5) is 4.39 Å². The van der Waals surface area contributed by atoms with Crippen LogP contribution in [0.3, 0.4) is 0 Å². The molecule has 0 spiro atoms. The minimum absolute atomic E-state index is 0. The highest BCUT2D eigenvalue weighted by Gasteiger charge is 2.27. The summed E-state index contributed by atoms with van der Waals surface area (Å²) in [7, 11) is 1.78. The van der Waals surface area contributed by atoms with Crippen molar-refractivity contribution in [2.75, 3.05) is 26.7 Å². The molecule has 2 aromatic rings. The summed E-state index contributed by atoms with van der Waals surface area (Å²) >= 11 is 0. The van der Waals surface area contributed by atoms with E-state index >= 15 is 0 Å². The second-order valence-corrected chi connectivity index (χ2v) is 7.36. The zero-order valence-electron chi connectivity index (χ0n) is 17.2. The zero-order valence-corrected chi connectivity index (χ0v) is 19.5. The van der Waals surface area contributed by atoms with Gasteiger partial charge in [0.15, 0.2) is 5.96 Å². The summed E-state index contributed by atoms with van der Waals surface area (Å²) in [4.78, 5) is 4.32. The van der Waals surface area contributed by atoms with Crippen LogP contribution in [0.25, 0.3) is 0 Å². The molecule has 0 bridgehead atoms. The minimum atomic E-state index is -0.202.